The van der Waals surface area contributed by atoms with Gasteiger partial charge >= 0.3 is 0 Å². The highest BCUT2D eigenvalue weighted by atomic mass is 16.2. The highest BCUT2D eigenvalue weighted by Crippen LogP contribution is 2.30. The van der Waals surface area contributed by atoms with Crippen molar-refractivity contribution >= 4 is 11.6 Å². The van der Waals surface area contributed by atoms with E-state index in [-0.39, 0.29) is 5.91 Å². The molecule has 0 saturated carbocycles. The molecule has 0 unspecified atom stereocenters. The number of anilines is 1. The molecule has 1 N–H and O–H groups in total. The molecule has 2 aliphatic rings. The largest absolute Gasteiger partial charge is 0.368 e. The van der Waals surface area contributed by atoms with Crippen LogP contribution in [0.25, 0.3) is 0 Å². The lowest BCUT2D eigenvalue weighted by molar-refractivity contribution is -0.143. The van der Waals surface area contributed by atoms with Crippen LogP contribution in [0.15, 0.2) is 42.7 Å². The van der Waals surface area contributed by atoms with Crippen LogP contribution in [0.4, 0.5) is 5.69 Å². The van der Waals surface area contributed by atoms with E-state index >= 15 is 0 Å². The lowest BCUT2D eigenvalue weighted by Gasteiger charge is -2.43. The zero-order chi connectivity index (χ0) is 18.0. The molecular weight excluding hydrogens is 326 g/mol. The predicted molar refractivity (Wildman–Crippen MR) is 102 cm³/mol. The Balaban J connectivity index is 1.48. The van der Waals surface area contributed by atoms with Crippen LogP contribution in [-0.4, -0.2) is 59.9 Å². The number of hydrogen-bond donors (Lipinski definition) is 1. The van der Waals surface area contributed by atoms with Gasteiger partial charge in [-0.2, -0.15) is 5.10 Å². The van der Waals surface area contributed by atoms with E-state index in [1.54, 1.807) is 6.20 Å². The van der Waals surface area contributed by atoms with Gasteiger partial charge in [0.2, 0.25) is 0 Å². The van der Waals surface area contributed by atoms with Gasteiger partial charge in [-0.1, -0.05) is 12.1 Å². The first kappa shape index (κ1) is 17.1. The predicted octanol–water partition coefficient (Wildman–Crippen LogP) is 1.62. The van der Waals surface area contributed by atoms with Crippen LogP contribution < -0.4 is 10.2 Å². The summed E-state index contributed by atoms with van der Waals surface area (Å²) in [6.45, 7) is 7.12. The Bertz CT molecular complexity index is 743. The van der Waals surface area contributed by atoms with Crippen molar-refractivity contribution in [2.24, 2.45) is 0 Å². The zero-order valence-corrected chi connectivity index (χ0v) is 15.4. The van der Waals surface area contributed by atoms with E-state index in [9.17, 15) is 4.79 Å². The third kappa shape index (κ3) is 3.09. The van der Waals surface area contributed by atoms with E-state index in [0.29, 0.717) is 0 Å². The van der Waals surface area contributed by atoms with Gasteiger partial charge in [0.25, 0.3) is 5.91 Å². The maximum atomic E-state index is 13.5. The minimum Gasteiger partial charge on any atom is -0.368 e. The fourth-order valence-corrected chi connectivity index (χ4v) is 4.19. The number of piperazine rings is 1. The number of aryl methyl sites for hydroxylation is 1. The van der Waals surface area contributed by atoms with Gasteiger partial charge in [-0.3, -0.25) is 9.48 Å². The Kier molecular flexibility index (Phi) is 4.68. The number of hydrogen-bond acceptors (Lipinski definition) is 4. The fourth-order valence-electron chi connectivity index (χ4n) is 4.19. The smallest absolute Gasteiger partial charge is 0.250 e. The quantitative estimate of drug-likeness (QED) is 0.911. The highest BCUT2D eigenvalue weighted by molar-refractivity contribution is 5.85. The number of nitrogens with zero attached hydrogens (tertiary/aromatic N) is 4. The van der Waals surface area contributed by atoms with Gasteiger partial charge in [0, 0.05) is 44.3 Å². The summed E-state index contributed by atoms with van der Waals surface area (Å²) in [5.41, 5.74) is 1.99. The van der Waals surface area contributed by atoms with Gasteiger partial charge in [0.05, 0.1) is 0 Å². The van der Waals surface area contributed by atoms with Crippen molar-refractivity contribution < 1.29 is 4.79 Å². The molecule has 0 radical (unpaired) electrons. The molecule has 2 saturated heterocycles. The number of rotatable bonds is 3. The maximum absolute atomic E-state index is 13.5. The van der Waals surface area contributed by atoms with E-state index in [0.717, 1.165) is 52.1 Å². The lowest BCUT2D eigenvalue weighted by Crippen LogP contribution is -2.59. The van der Waals surface area contributed by atoms with Crippen LogP contribution >= 0.6 is 0 Å². The average molecular weight is 353 g/mol. The zero-order valence-electron chi connectivity index (χ0n) is 15.4. The van der Waals surface area contributed by atoms with Crippen LogP contribution in [-0.2, 0) is 10.3 Å². The lowest BCUT2D eigenvalue weighted by atomic mass is 9.86. The molecule has 2 aromatic rings. The van der Waals surface area contributed by atoms with Crippen LogP contribution in [0.3, 0.4) is 0 Å². The Hall–Kier alpha value is -2.34. The van der Waals surface area contributed by atoms with Crippen molar-refractivity contribution in [2.45, 2.75) is 25.3 Å². The number of aromatic nitrogens is 2. The second kappa shape index (κ2) is 7.11. The molecule has 0 aliphatic carbocycles. The minimum absolute atomic E-state index is 0.228. The van der Waals surface area contributed by atoms with Gasteiger partial charge in [-0.05, 0) is 56.6 Å². The molecule has 4 rings (SSSR count). The van der Waals surface area contributed by atoms with Crippen molar-refractivity contribution in [3.8, 4) is 0 Å². The van der Waals surface area contributed by atoms with Crippen molar-refractivity contribution in [3.05, 3.63) is 48.3 Å². The number of benzene rings is 1. The molecule has 0 bridgehead atoms. The summed E-state index contributed by atoms with van der Waals surface area (Å²) in [7, 11) is 0. The van der Waals surface area contributed by atoms with Crippen molar-refractivity contribution in [1.29, 1.82) is 0 Å². The third-order valence-corrected chi connectivity index (χ3v) is 5.71. The number of carbonyl (C=O) groups is 1. The van der Waals surface area contributed by atoms with E-state index < -0.39 is 5.54 Å². The average Bonchev–Trinajstić information content (AvgIpc) is 3.23. The van der Waals surface area contributed by atoms with Crippen LogP contribution in [0.2, 0.25) is 0 Å². The first-order valence-corrected chi connectivity index (χ1v) is 9.51. The molecule has 2 fully saturated rings. The SMILES string of the molecule is Cc1cccc(N2CCN(C(=O)C3(n4cccn4)CCNCC3)CC2)c1. The van der Waals surface area contributed by atoms with E-state index in [2.05, 4.69) is 46.5 Å². The first-order chi connectivity index (χ1) is 12.7. The van der Waals surface area contributed by atoms with Crippen LogP contribution in [0.1, 0.15) is 18.4 Å². The van der Waals surface area contributed by atoms with E-state index in [4.69, 9.17) is 0 Å². The van der Waals surface area contributed by atoms with Gasteiger partial charge in [0.15, 0.2) is 0 Å². The molecule has 26 heavy (non-hydrogen) atoms. The Morgan fingerprint density at radius 3 is 2.54 bits per heavy atom. The highest BCUT2D eigenvalue weighted by Gasteiger charge is 2.44. The minimum atomic E-state index is -0.528. The second-order valence-electron chi connectivity index (χ2n) is 7.35. The maximum Gasteiger partial charge on any atom is 0.250 e. The number of amides is 1. The van der Waals surface area contributed by atoms with Crippen LogP contribution in [0, 0.1) is 6.92 Å². The summed E-state index contributed by atoms with van der Waals surface area (Å²) >= 11 is 0. The van der Waals surface area contributed by atoms with Gasteiger partial charge in [-0.25, -0.2) is 0 Å². The van der Waals surface area contributed by atoms with Gasteiger partial charge in [-0.15, -0.1) is 0 Å². The van der Waals surface area contributed by atoms with Gasteiger partial charge < -0.3 is 15.1 Å². The molecule has 2 aliphatic heterocycles. The summed E-state index contributed by atoms with van der Waals surface area (Å²) in [6, 6.07) is 10.5. The Morgan fingerprint density at radius 1 is 1.12 bits per heavy atom. The normalized spacial score (nSPS) is 20.2. The van der Waals surface area contributed by atoms with E-state index in [1.807, 2.05) is 21.8 Å². The van der Waals surface area contributed by atoms with Crippen molar-refractivity contribution in [3.63, 3.8) is 0 Å². The monoisotopic (exact) mass is 353 g/mol. The summed E-state index contributed by atoms with van der Waals surface area (Å²) < 4.78 is 1.89. The molecule has 6 heteroatoms. The summed E-state index contributed by atoms with van der Waals surface area (Å²) in [5.74, 6) is 0.228. The standard InChI is InChI=1S/C20H27N5O/c1-17-4-2-5-18(16-17)23-12-14-24(15-13-23)19(26)20(6-9-21-10-7-20)25-11-3-8-22-25/h2-5,8,11,16,21H,6-7,9-10,12-15H2,1H3. The first-order valence-electron chi connectivity index (χ1n) is 9.51. The molecule has 1 aromatic carbocycles. The molecule has 1 aromatic heterocycles. The third-order valence-electron chi connectivity index (χ3n) is 5.71. The Morgan fingerprint density at radius 2 is 1.88 bits per heavy atom. The molecule has 138 valence electrons. The van der Waals surface area contributed by atoms with Crippen LogP contribution in [0.5, 0.6) is 0 Å². The summed E-state index contributed by atoms with van der Waals surface area (Å²) in [4.78, 5) is 17.9. The summed E-state index contributed by atoms with van der Waals surface area (Å²) in [6.07, 6.45) is 5.30. The van der Waals surface area contributed by atoms with Gasteiger partial charge in [0.1, 0.15) is 5.54 Å². The molecule has 6 nitrogen and oxygen atoms in total. The summed E-state index contributed by atoms with van der Waals surface area (Å²) in [5, 5.41) is 7.80. The topological polar surface area (TPSA) is 53.4 Å². The van der Waals surface area contributed by atoms with Crippen molar-refractivity contribution in [2.75, 3.05) is 44.2 Å². The molecular formula is C20H27N5O. The second-order valence-corrected chi connectivity index (χ2v) is 7.35. The van der Waals surface area contributed by atoms with E-state index in [1.165, 1.54) is 11.3 Å². The van der Waals surface area contributed by atoms with Crippen molar-refractivity contribution in [1.82, 2.24) is 20.0 Å². The molecule has 0 atom stereocenters. The Labute approximate surface area is 154 Å². The molecule has 1 amide bonds. The fraction of sp³-hybridized carbons (Fsp3) is 0.500. The number of piperidine rings is 1. The molecule has 3 heterocycles. The number of carbonyl (C=O) groups excluding carboxylic acids is 1. The molecule has 0 spiro atoms. The number of nitrogens with one attached hydrogen (secondary N) is 1.